The second kappa shape index (κ2) is 9.13. The van der Waals surface area contributed by atoms with E-state index in [4.69, 9.17) is 9.26 Å². The Morgan fingerprint density at radius 1 is 1.23 bits per heavy atom. The summed E-state index contributed by atoms with van der Waals surface area (Å²) in [5.74, 6) is 0.404. The van der Waals surface area contributed by atoms with Gasteiger partial charge in [0.05, 0.1) is 11.6 Å². The molecule has 164 valence electrons. The fraction of sp³-hybridized carbons (Fsp3) is 0.550. The number of aromatic nitrogens is 2. The minimum atomic E-state index is -4.44. The van der Waals surface area contributed by atoms with Gasteiger partial charge in [-0.05, 0) is 32.9 Å². The lowest BCUT2D eigenvalue weighted by Gasteiger charge is -2.37. The van der Waals surface area contributed by atoms with Crippen LogP contribution in [0.4, 0.5) is 13.2 Å². The Morgan fingerprint density at radius 3 is 2.57 bits per heavy atom. The van der Waals surface area contributed by atoms with Crippen molar-refractivity contribution in [3.63, 3.8) is 0 Å². The number of rotatable bonds is 6. The molecular weight excluding hydrogens is 401 g/mol. The number of carbonyl (C=O) groups is 1. The summed E-state index contributed by atoms with van der Waals surface area (Å²) in [5, 5.41) is 3.85. The van der Waals surface area contributed by atoms with E-state index in [2.05, 4.69) is 15.0 Å². The summed E-state index contributed by atoms with van der Waals surface area (Å²) < 4.78 is 49.5. The third-order valence-electron chi connectivity index (χ3n) is 5.19. The zero-order chi connectivity index (χ0) is 21.9. The maximum atomic E-state index is 12.9. The maximum Gasteiger partial charge on any atom is 0.416 e. The summed E-state index contributed by atoms with van der Waals surface area (Å²) in [5.41, 5.74) is -0.520. The van der Waals surface area contributed by atoms with Crippen LogP contribution in [0.15, 0.2) is 28.8 Å². The number of piperazine rings is 1. The Morgan fingerprint density at radius 2 is 1.93 bits per heavy atom. The lowest BCUT2D eigenvalue weighted by molar-refractivity contribution is -0.144. The van der Waals surface area contributed by atoms with Crippen molar-refractivity contribution >= 4 is 5.91 Å². The van der Waals surface area contributed by atoms with Gasteiger partial charge in [0.25, 0.3) is 5.91 Å². The smallest absolute Gasteiger partial charge is 0.369 e. The first-order valence-electron chi connectivity index (χ1n) is 9.86. The van der Waals surface area contributed by atoms with Gasteiger partial charge in [-0.3, -0.25) is 9.69 Å². The van der Waals surface area contributed by atoms with Crippen molar-refractivity contribution in [3.05, 3.63) is 35.7 Å². The van der Waals surface area contributed by atoms with Crippen LogP contribution in [0.1, 0.15) is 38.3 Å². The van der Waals surface area contributed by atoms with Crippen LogP contribution in [0.3, 0.4) is 0 Å². The van der Waals surface area contributed by atoms with E-state index in [0.717, 1.165) is 12.1 Å². The van der Waals surface area contributed by atoms with Crippen molar-refractivity contribution in [3.8, 4) is 11.4 Å². The quantitative estimate of drug-likeness (QED) is 0.705. The number of nitrogens with zero attached hydrogens (tertiary/aromatic N) is 4. The van der Waals surface area contributed by atoms with E-state index >= 15 is 0 Å². The first-order valence-corrected chi connectivity index (χ1v) is 9.86. The van der Waals surface area contributed by atoms with E-state index in [1.165, 1.54) is 12.1 Å². The molecule has 1 saturated heterocycles. The second-order valence-corrected chi connectivity index (χ2v) is 7.17. The Kier molecular flexibility index (Phi) is 6.77. The molecule has 0 spiro atoms. The summed E-state index contributed by atoms with van der Waals surface area (Å²) in [6.45, 7) is 8.31. The number of amides is 1. The molecule has 0 radical (unpaired) electrons. The minimum absolute atomic E-state index is 0.0335. The van der Waals surface area contributed by atoms with Crippen LogP contribution in [0.5, 0.6) is 0 Å². The van der Waals surface area contributed by atoms with E-state index in [-0.39, 0.29) is 23.3 Å². The Hall–Kier alpha value is -2.46. The molecule has 0 saturated carbocycles. The van der Waals surface area contributed by atoms with Gasteiger partial charge in [-0.2, -0.15) is 18.2 Å². The number of alkyl halides is 3. The third kappa shape index (κ3) is 4.99. The summed E-state index contributed by atoms with van der Waals surface area (Å²) in [4.78, 5) is 20.5. The maximum absolute atomic E-state index is 12.9. The molecule has 2 unspecified atom stereocenters. The summed E-state index contributed by atoms with van der Waals surface area (Å²) in [6.07, 6.45) is -4.91. The van der Waals surface area contributed by atoms with E-state index < -0.39 is 17.8 Å². The molecule has 2 heterocycles. The Labute approximate surface area is 172 Å². The molecule has 10 heteroatoms. The average molecular weight is 426 g/mol. The molecule has 7 nitrogen and oxygen atoms in total. The summed E-state index contributed by atoms with van der Waals surface area (Å²) in [6, 6.07) is 4.61. The van der Waals surface area contributed by atoms with Gasteiger partial charge in [0, 0.05) is 38.3 Å². The van der Waals surface area contributed by atoms with Crippen molar-refractivity contribution in [1.29, 1.82) is 0 Å². The van der Waals surface area contributed by atoms with Crippen LogP contribution >= 0.6 is 0 Å². The van der Waals surface area contributed by atoms with Gasteiger partial charge in [-0.15, -0.1) is 0 Å². The molecule has 1 aromatic carbocycles. The fourth-order valence-electron chi connectivity index (χ4n) is 3.42. The Bertz CT molecular complexity index is 863. The molecule has 0 bridgehead atoms. The van der Waals surface area contributed by atoms with Gasteiger partial charge in [0.15, 0.2) is 0 Å². The molecule has 2 aromatic rings. The Balaban J connectivity index is 1.64. The number of hydrogen-bond acceptors (Lipinski definition) is 6. The van der Waals surface area contributed by atoms with E-state index in [1.807, 2.05) is 13.8 Å². The number of carbonyl (C=O) groups excluding carboxylic acids is 1. The molecule has 3 rings (SSSR count). The first kappa shape index (κ1) is 22.2. The van der Waals surface area contributed by atoms with Gasteiger partial charge < -0.3 is 14.2 Å². The largest absolute Gasteiger partial charge is 0.416 e. The molecule has 1 aromatic heterocycles. The monoisotopic (exact) mass is 426 g/mol. The normalized spacial score (nSPS) is 17.7. The highest BCUT2D eigenvalue weighted by Crippen LogP contribution is 2.32. The van der Waals surface area contributed by atoms with Gasteiger partial charge in [-0.1, -0.05) is 17.3 Å². The molecule has 1 aliphatic rings. The molecule has 1 amide bonds. The number of ether oxygens (including phenoxy) is 1. The highest BCUT2D eigenvalue weighted by Gasteiger charge is 2.32. The van der Waals surface area contributed by atoms with Crippen LogP contribution in [0.2, 0.25) is 0 Å². The number of hydrogen-bond donors (Lipinski definition) is 0. The van der Waals surface area contributed by atoms with Crippen LogP contribution < -0.4 is 0 Å². The molecule has 30 heavy (non-hydrogen) atoms. The predicted octanol–water partition coefficient (Wildman–Crippen LogP) is 3.39. The molecule has 2 atom stereocenters. The third-order valence-corrected chi connectivity index (χ3v) is 5.19. The number of benzene rings is 1. The lowest BCUT2D eigenvalue weighted by Crippen LogP contribution is -2.51. The SMILES string of the molecule is CCOC(C)C(=O)N1CCN(C(C)c2nc(-c3cccc(C(F)(F)F)c3)no2)CC1. The van der Waals surface area contributed by atoms with Gasteiger partial charge in [0.1, 0.15) is 6.10 Å². The summed E-state index contributed by atoms with van der Waals surface area (Å²) in [7, 11) is 0. The van der Waals surface area contributed by atoms with Crippen molar-refractivity contribution in [2.75, 3.05) is 32.8 Å². The average Bonchev–Trinajstić information content (AvgIpc) is 3.23. The van der Waals surface area contributed by atoms with Crippen LogP contribution in [-0.2, 0) is 15.7 Å². The van der Waals surface area contributed by atoms with E-state index in [0.29, 0.717) is 38.7 Å². The highest BCUT2D eigenvalue weighted by atomic mass is 19.4. The lowest BCUT2D eigenvalue weighted by atomic mass is 10.1. The topological polar surface area (TPSA) is 71.7 Å². The zero-order valence-electron chi connectivity index (χ0n) is 17.1. The van der Waals surface area contributed by atoms with Crippen molar-refractivity contribution in [2.45, 2.75) is 39.1 Å². The number of halogens is 3. The minimum Gasteiger partial charge on any atom is -0.369 e. The van der Waals surface area contributed by atoms with Crippen molar-refractivity contribution in [2.24, 2.45) is 0 Å². The van der Waals surface area contributed by atoms with Gasteiger partial charge >= 0.3 is 6.18 Å². The van der Waals surface area contributed by atoms with Crippen LogP contribution in [0, 0.1) is 0 Å². The standard InChI is InChI=1S/C20H25F3N4O3/c1-4-29-14(3)19(28)27-10-8-26(9-11-27)13(2)18-24-17(25-30-18)15-6-5-7-16(12-15)20(21,22)23/h5-7,12-14H,4,8-11H2,1-3H3. The zero-order valence-corrected chi connectivity index (χ0v) is 17.1. The van der Waals surface area contributed by atoms with Gasteiger partial charge in [0.2, 0.25) is 11.7 Å². The highest BCUT2D eigenvalue weighted by molar-refractivity contribution is 5.80. The van der Waals surface area contributed by atoms with Crippen molar-refractivity contribution < 1.29 is 27.2 Å². The van der Waals surface area contributed by atoms with Gasteiger partial charge in [-0.25, -0.2) is 0 Å². The first-order chi connectivity index (χ1) is 14.2. The fourth-order valence-corrected chi connectivity index (χ4v) is 3.42. The molecule has 1 fully saturated rings. The molecule has 0 N–H and O–H groups in total. The van der Waals surface area contributed by atoms with Crippen LogP contribution in [-0.4, -0.2) is 64.7 Å². The van der Waals surface area contributed by atoms with E-state index in [9.17, 15) is 18.0 Å². The predicted molar refractivity (Wildman–Crippen MR) is 102 cm³/mol. The van der Waals surface area contributed by atoms with Crippen LogP contribution in [0.25, 0.3) is 11.4 Å². The molecule has 1 aliphatic heterocycles. The molecule has 0 aliphatic carbocycles. The molecular formula is C20H25F3N4O3. The summed E-state index contributed by atoms with van der Waals surface area (Å²) >= 11 is 0. The second-order valence-electron chi connectivity index (χ2n) is 7.17. The van der Waals surface area contributed by atoms with E-state index in [1.54, 1.807) is 11.8 Å². The van der Waals surface area contributed by atoms with Crippen molar-refractivity contribution in [1.82, 2.24) is 19.9 Å².